The van der Waals surface area contributed by atoms with Crippen molar-refractivity contribution >= 4 is 0 Å². The van der Waals surface area contributed by atoms with Crippen molar-refractivity contribution < 1.29 is 5.11 Å². The molecule has 1 aliphatic carbocycles. The van der Waals surface area contributed by atoms with Gasteiger partial charge in [-0.15, -0.1) is 0 Å². The van der Waals surface area contributed by atoms with Crippen LogP contribution in [-0.2, 0) is 6.42 Å². The quantitative estimate of drug-likeness (QED) is 0.929. The lowest BCUT2D eigenvalue weighted by Crippen LogP contribution is -2.34. The van der Waals surface area contributed by atoms with Gasteiger partial charge in [-0.3, -0.25) is 0 Å². The number of nitrogens with zero attached hydrogens (tertiary/aromatic N) is 1. The van der Waals surface area contributed by atoms with Crippen molar-refractivity contribution in [2.24, 2.45) is 5.92 Å². The summed E-state index contributed by atoms with van der Waals surface area (Å²) in [6.45, 7) is 0. The van der Waals surface area contributed by atoms with E-state index in [4.69, 9.17) is 0 Å². The summed E-state index contributed by atoms with van der Waals surface area (Å²) in [5.74, 6) is 0.234. The van der Waals surface area contributed by atoms with E-state index in [2.05, 4.69) is 61.5 Å². The van der Waals surface area contributed by atoms with Crippen LogP contribution in [0, 0.1) is 5.92 Å². The molecule has 1 N–H and O–H groups in total. The van der Waals surface area contributed by atoms with Gasteiger partial charge in [0, 0.05) is 12.0 Å². The van der Waals surface area contributed by atoms with Crippen LogP contribution in [-0.4, -0.2) is 24.1 Å². The highest BCUT2D eigenvalue weighted by molar-refractivity contribution is 5.33. The molecule has 2 nitrogen and oxygen atoms in total. The van der Waals surface area contributed by atoms with E-state index in [-0.39, 0.29) is 18.1 Å². The van der Waals surface area contributed by atoms with Gasteiger partial charge in [0.1, 0.15) is 0 Å². The van der Waals surface area contributed by atoms with Crippen molar-refractivity contribution in [2.75, 3.05) is 14.1 Å². The normalized spacial score (nSPS) is 22.9. The van der Waals surface area contributed by atoms with E-state index in [0.29, 0.717) is 0 Å². The van der Waals surface area contributed by atoms with Crippen LogP contribution in [0.4, 0.5) is 0 Å². The maximum absolute atomic E-state index is 10.9. The van der Waals surface area contributed by atoms with E-state index in [9.17, 15) is 5.11 Å². The second kappa shape index (κ2) is 6.00. The van der Waals surface area contributed by atoms with Crippen molar-refractivity contribution in [1.29, 1.82) is 0 Å². The van der Waals surface area contributed by atoms with Gasteiger partial charge >= 0.3 is 0 Å². The summed E-state index contributed by atoms with van der Waals surface area (Å²) < 4.78 is 0. The third-order valence-corrected chi connectivity index (χ3v) is 4.63. The van der Waals surface area contributed by atoms with E-state index in [1.807, 2.05) is 12.1 Å². The van der Waals surface area contributed by atoms with Gasteiger partial charge in [-0.25, -0.2) is 0 Å². The molecular weight excluding hydrogens is 258 g/mol. The van der Waals surface area contributed by atoms with E-state index in [1.54, 1.807) is 0 Å². The van der Waals surface area contributed by atoms with E-state index < -0.39 is 0 Å². The molecule has 0 radical (unpaired) electrons. The first kappa shape index (κ1) is 14.3. The number of hydrogen-bond donors (Lipinski definition) is 1. The zero-order valence-electron chi connectivity index (χ0n) is 12.7. The first-order valence-electron chi connectivity index (χ1n) is 7.65. The molecule has 2 aromatic rings. The van der Waals surface area contributed by atoms with Crippen LogP contribution in [0.1, 0.15) is 35.3 Å². The zero-order valence-corrected chi connectivity index (χ0v) is 12.7. The highest BCUT2D eigenvalue weighted by Crippen LogP contribution is 2.43. The molecule has 0 bridgehead atoms. The molecule has 3 atom stereocenters. The molecule has 0 heterocycles. The second-order valence-electron chi connectivity index (χ2n) is 6.17. The third-order valence-electron chi connectivity index (χ3n) is 4.63. The molecule has 0 spiro atoms. The smallest absolute Gasteiger partial charge is 0.0839 e. The third kappa shape index (κ3) is 2.74. The predicted molar refractivity (Wildman–Crippen MR) is 86.1 cm³/mol. The van der Waals surface area contributed by atoms with Crippen LogP contribution >= 0.6 is 0 Å². The minimum Gasteiger partial charge on any atom is -0.388 e. The molecule has 2 heteroatoms. The van der Waals surface area contributed by atoms with Crippen molar-refractivity contribution in [3.63, 3.8) is 0 Å². The number of fused-ring (bicyclic) bond motifs is 1. The Kier molecular flexibility index (Phi) is 4.09. The highest BCUT2D eigenvalue weighted by Gasteiger charge is 2.35. The van der Waals surface area contributed by atoms with Crippen LogP contribution in [0.3, 0.4) is 0 Å². The lowest BCUT2D eigenvalue weighted by atomic mass is 9.75. The van der Waals surface area contributed by atoms with Gasteiger partial charge in [0.2, 0.25) is 0 Å². The van der Waals surface area contributed by atoms with Crippen LogP contribution in [0.2, 0.25) is 0 Å². The molecule has 1 aliphatic rings. The molecular formula is C19H23NO. The van der Waals surface area contributed by atoms with Crippen LogP contribution in [0.5, 0.6) is 0 Å². The number of aliphatic hydroxyl groups is 1. The Hall–Kier alpha value is -1.64. The molecule has 0 saturated carbocycles. The minimum atomic E-state index is -0.387. The fourth-order valence-electron chi connectivity index (χ4n) is 3.67. The van der Waals surface area contributed by atoms with E-state index in [1.165, 1.54) is 11.1 Å². The van der Waals surface area contributed by atoms with Crippen molar-refractivity contribution in [1.82, 2.24) is 4.90 Å². The number of rotatable bonds is 3. The Labute approximate surface area is 127 Å². The molecule has 110 valence electrons. The molecule has 0 saturated heterocycles. The van der Waals surface area contributed by atoms with Crippen LogP contribution in [0.15, 0.2) is 54.6 Å². The van der Waals surface area contributed by atoms with Gasteiger partial charge in [0.05, 0.1) is 6.10 Å². The van der Waals surface area contributed by atoms with Gasteiger partial charge in [0.25, 0.3) is 0 Å². The molecule has 21 heavy (non-hydrogen) atoms. The Morgan fingerprint density at radius 2 is 1.67 bits per heavy atom. The SMILES string of the molecule is CN(C)[C@@H](c1ccccc1)[C@@H]1CCc2ccccc2[C@H]1O. The highest BCUT2D eigenvalue weighted by atomic mass is 16.3. The summed E-state index contributed by atoms with van der Waals surface area (Å²) in [5, 5.41) is 10.9. The average molecular weight is 281 g/mol. The molecule has 3 rings (SSSR count). The maximum atomic E-state index is 10.9. The Morgan fingerprint density at radius 3 is 2.38 bits per heavy atom. The molecule has 0 unspecified atom stereocenters. The fourth-order valence-corrected chi connectivity index (χ4v) is 3.67. The summed E-state index contributed by atoms with van der Waals surface area (Å²) in [6.07, 6.45) is 1.69. The molecule has 2 aromatic carbocycles. The Morgan fingerprint density at radius 1 is 1.00 bits per heavy atom. The average Bonchev–Trinajstić information content (AvgIpc) is 2.51. The lowest BCUT2D eigenvalue weighted by Gasteiger charge is -2.39. The summed E-state index contributed by atoms with van der Waals surface area (Å²) in [7, 11) is 4.20. The first-order chi connectivity index (χ1) is 10.2. The Balaban J connectivity index is 1.95. The molecule has 0 aliphatic heterocycles. The number of benzene rings is 2. The largest absolute Gasteiger partial charge is 0.388 e. The molecule has 0 aromatic heterocycles. The summed E-state index contributed by atoms with van der Waals surface area (Å²) in [5.41, 5.74) is 3.69. The molecule has 0 amide bonds. The fraction of sp³-hybridized carbons (Fsp3) is 0.368. The van der Waals surface area contributed by atoms with Gasteiger partial charge in [-0.1, -0.05) is 54.6 Å². The zero-order chi connectivity index (χ0) is 14.8. The second-order valence-corrected chi connectivity index (χ2v) is 6.17. The van der Waals surface area contributed by atoms with Gasteiger partial charge < -0.3 is 10.0 Å². The van der Waals surface area contributed by atoms with E-state index >= 15 is 0 Å². The summed E-state index contributed by atoms with van der Waals surface area (Å²) >= 11 is 0. The van der Waals surface area contributed by atoms with Crippen molar-refractivity contribution in [3.05, 3.63) is 71.3 Å². The summed E-state index contributed by atoms with van der Waals surface area (Å²) in [4.78, 5) is 2.23. The van der Waals surface area contributed by atoms with Gasteiger partial charge in [-0.2, -0.15) is 0 Å². The van der Waals surface area contributed by atoms with Crippen LogP contribution in [0.25, 0.3) is 0 Å². The van der Waals surface area contributed by atoms with Gasteiger partial charge in [-0.05, 0) is 43.6 Å². The Bertz CT molecular complexity index is 594. The standard InChI is InChI=1S/C19H23NO/c1-20(2)18(15-9-4-3-5-10-15)17-13-12-14-8-6-7-11-16(14)19(17)21/h3-11,17-19,21H,12-13H2,1-2H3/t17-,18-,19+/m0/s1. The first-order valence-corrected chi connectivity index (χ1v) is 7.65. The number of aliphatic hydroxyl groups excluding tert-OH is 1. The number of aryl methyl sites for hydroxylation is 1. The van der Waals surface area contributed by atoms with Crippen LogP contribution < -0.4 is 0 Å². The maximum Gasteiger partial charge on any atom is 0.0839 e. The minimum absolute atomic E-state index is 0.234. The number of hydrogen-bond acceptors (Lipinski definition) is 2. The van der Waals surface area contributed by atoms with Crippen molar-refractivity contribution in [2.45, 2.75) is 25.0 Å². The van der Waals surface area contributed by atoms with Crippen molar-refractivity contribution in [3.8, 4) is 0 Å². The molecule has 0 fully saturated rings. The van der Waals surface area contributed by atoms with Gasteiger partial charge in [0.15, 0.2) is 0 Å². The van der Waals surface area contributed by atoms with E-state index in [0.717, 1.165) is 18.4 Å². The summed E-state index contributed by atoms with van der Waals surface area (Å²) in [6, 6.07) is 19.1. The topological polar surface area (TPSA) is 23.5 Å². The predicted octanol–water partition coefficient (Wildman–Crippen LogP) is 3.59. The lowest BCUT2D eigenvalue weighted by molar-refractivity contribution is 0.0395. The monoisotopic (exact) mass is 281 g/mol.